The topological polar surface area (TPSA) is 59.6 Å². The first-order valence-electron chi connectivity index (χ1n) is 4.21. The highest BCUT2D eigenvalue weighted by molar-refractivity contribution is 7.80. The molecule has 3 N–H and O–H groups in total. The minimum Gasteiger partial charge on any atom is -0.435 e. The number of rotatable bonds is 4. The summed E-state index contributed by atoms with van der Waals surface area (Å²) in [5, 5.41) is 3.70. The predicted molar refractivity (Wildman–Crippen MR) is 60.6 cm³/mol. The Bertz CT molecular complexity index is 398. The highest BCUT2D eigenvalue weighted by Crippen LogP contribution is 2.14. The number of halogens is 2. The zero-order chi connectivity index (χ0) is 12.0. The van der Waals surface area contributed by atoms with Crippen molar-refractivity contribution in [3.05, 3.63) is 29.8 Å². The van der Waals surface area contributed by atoms with Gasteiger partial charge in [-0.2, -0.15) is 13.9 Å². The Hall–Kier alpha value is -1.76. The van der Waals surface area contributed by atoms with E-state index in [4.69, 9.17) is 5.73 Å². The predicted octanol–water partition coefficient (Wildman–Crippen LogP) is 1.46. The van der Waals surface area contributed by atoms with E-state index in [0.717, 1.165) is 0 Å². The van der Waals surface area contributed by atoms with Gasteiger partial charge in [-0.25, -0.2) is 0 Å². The molecule has 0 bridgehead atoms. The normalized spacial score (nSPS) is 10.7. The lowest BCUT2D eigenvalue weighted by Gasteiger charge is -2.04. The van der Waals surface area contributed by atoms with Crippen LogP contribution >= 0.6 is 12.2 Å². The maximum atomic E-state index is 11.9. The number of thiocarbonyl (C=S) groups is 1. The van der Waals surface area contributed by atoms with Crippen LogP contribution in [0.1, 0.15) is 5.56 Å². The number of hydrogen-bond donors (Lipinski definition) is 2. The number of benzene rings is 1. The minimum absolute atomic E-state index is 0.0243. The molecule has 86 valence electrons. The van der Waals surface area contributed by atoms with Crippen LogP contribution in [-0.4, -0.2) is 17.9 Å². The van der Waals surface area contributed by atoms with Gasteiger partial charge in [-0.1, -0.05) is 12.1 Å². The maximum Gasteiger partial charge on any atom is 0.387 e. The number of nitrogens with zero attached hydrogens (tertiary/aromatic N) is 1. The third-order valence-electron chi connectivity index (χ3n) is 1.47. The standard InChI is InChI=1S/C9H9F2N3OS/c10-8(11)15-7-3-1-2-6(4-7)5-13-14-9(12)16/h1-5,8H,(H3,12,14,16). The van der Waals surface area contributed by atoms with Crippen LogP contribution in [0.25, 0.3) is 0 Å². The molecule has 16 heavy (non-hydrogen) atoms. The fourth-order valence-corrected chi connectivity index (χ4v) is 0.994. The van der Waals surface area contributed by atoms with E-state index in [1.54, 1.807) is 12.1 Å². The molecule has 1 rings (SSSR count). The summed E-state index contributed by atoms with van der Waals surface area (Å²) in [6.07, 6.45) is 1.39. The van der Waals surface area contributed by atoms with Crippen molar-refractivity contribution < 1.29 is 13.5 Å². The second-order valence-electron chi connectivity index (χ2n) is 2.69. The van der Waals surface area contributed by atoms with Crippen molar-refractivity contribution in [1.82, 2.24) is 5.43 Å². The molecule has 0 aliphatic rings. The molecule has 0 unspecified atom stereocenters. The van der Waals surface area contributed by atoms with Crippen molar-refractivity contribution in [1.29, 1.82) is 0 Å². The Labute approximate surface area is 96.1 Å². The number of alkyl halides is 2. The zero-order valence-electron chi connectivity index (χ0n) is 8.06. The molecule has 0 atom stereocenters. The fourth-order valence-electron chi connectivity index (χ4n) is 0.941. The van der Waals surface area contributed by atoms with Gasteiger partial charge in [0, 0.05) is 0 Å². The zero-order valence-corrected chi connectivity index (χ0v) is 8.88. The molecule has 0 radical (unpaired) electrons. The fraction of sp³-hybridized carbons (Fsp3) is 0.111. The molecule has 0 spiro atoms. The van der Waals surface area contributed by atoms with E-state index < -0.39 is 6.61 Å². The Balaban J connectivity index is 2.67. The number of nitrogens with one attached hydrogen (secondary N) is 1. The van der Waals surface area contributed by atoms with E-state index in [9.17, 15) is 8.78 Å². The van der Waals surface area contributed by atoms with Crippen molar-refractivity contribution >= 4 is 23.5 Å². The van der Waals surface area contributed by atoms with Crippen molar-refractivity contribution in [2.45, 2.75) is 6.61 Å². The van der Waals surface area contributed by atoms with Gasteiger partial charge in [0.1, 0.15) is 5.75 Å². The number of hydrogen-bond acceptors (Lipinski definition) is 3. The number of hydrazone groups is 1. The van der Waals surface area contributed by atoms with Crippen LogP contribution in [0, 0.1) is 0 Å². The Morgan fingerprint density at radius 2 is 2.31 bits per heavy atom. The second kappa shape index (κ2) is 5.96. The molecular formula is C9H9F2N3OS. The molecule has 0 amide bonds. The largest absolute Gasteiger partial charge is 0.435 e. The van der Waals surface area contributed by atoms with Crippen molar-refractivity contribution in [2.75, 3.05) is 0 Å². The van der Waals surface area contributed by atoms with Gasteiger partial charge in [-0.3, -0.25) is 5.43 Å². The SMILES string of the molecule is NC(=S)NN=Cc1cccc(OC(F)F)c1. The van der Waals surface area contributed by atoms with Crippen LogP contribution in [0.15, 0.2) is 29.4 Å². The van der Waals surface area contributed by atoms with Gasteiger partial charge < -0.3 is 10.5 Å². The summed E-state index contributed by atoms with van der Waals surface area (Å²) >= 11 is 4.52. The summed E-state index contributed by atoms with van der Waals surface area (Å²) in [6, 6.07) is 6.07. The summed E-state index contributed by atoms with van der Waals surface area (Å²) < 4.78 is 28.0. The summed E-state index contributed by atoms with van der Waals surface area (Å²) in [5.41, 5.74) is 8.06. The molecule has 1 aromatic carbocycles. The third kappa shape index (κ3) is 4.65. The van der Waals surface area contributed by atoms with E-state index in [2.05, 4.69) is 27.5 Å². The third-order valence-corrected chi connectivity index (χ3v) is 1.56. The minimum atomic E-state index is -2.85. The molecule has 4 nitrogen and oxygen atoms in total. The Kier molecular flexibility index (Phi) is 4.59. The molecule has 7 heteroatoms. The van der Waals surface area contributed by atoms with Gasteiger partial charge in [-0.15, -0.1) is 0 Å². The van der Waals surface area contributed by atoms with Crippen molar-refractivity contribution in [3.8, 4) is 5.75 Å². The van der Waals surface area contributed by atoms with Gasteiger partial charge in [0.05, 0.1) is 6.21 Å². The van der Waals surface area contributed by atoms with Crippen LogP contribution < -0.4 is 15.9 Å². The second-order valence-corrected chi connectivity index (χ2v) is 3.13. The number of nitrogens with two attached hydrogens (primary N) is 1. The average Bonchev–Trinajstić information content (AvgIpc) is 2.16. The van der Waals surface area contributed by atoms with E-state index >= 15 is 0 Å². The Morgan fingerprint density at radius 3 is 2.94 bits per heavy atom. The lowest BCUT2D eigenvalue weighted by atomic mass is 10.2. The molecular weight excluding hydrogens is 236 g/mol. The summed E-state index contributed by atoms with van der Waals surface area (Å²) in [7, 11) is 0. The van der Waals surface area contributed by atoms with Gasteiger partial charge >= 0.3 is 6.61 Å². The van der Waals surface area contributed by atoms with Gasteiger partial charge in [0.2, 0.25) is 0 Å². The Morgan fingerprint density at radius 1 is 1.56 bits per heavy atom. The summed E-state index contributed by atoms with van der Waals surface area (Å²) in [6.45, 7) is -2.85. The smallest absolute Gasteiger partial charge is 0.387 e. The molecule has 0 saturated carbocycles. The quantitative estimate of drug-likeness (QED) is 0.479. The van der Waals surface area contributed by atoms with Gasteiger partial charge in [0.15, 0.2) is 5.11 Å². The van der Waals surface area contributed by atoms with Crippen LogP contribution in [-0.2, 0) is 0 Å². The summed E-state index contributed by atoms with van der Waals surface area (Å²) in [4.78, 5) is 0. The average molecular weight is 245 g/mol. The van der Waals surface area contributed by atoms with Crippen LogP contribution in [0.3, 0.4) is 0 Å². The highest BCUT2D eigenvalue weighted by Gasteiger charge is 2.03. The lowest BCUT2D eigenvalue weighted by Crippen LogP contribution is -2.23. The maximum absolute atomic E-state index is 11.9. The van der Waals surface area contributed by atoms with E-state index in [1.165, 1.54) is 18.3 Å². The van der Waals surface area contributed by atoms with Crippen molar-refractivity contribution in [3.63, 3.8) is 0 Å². The lowest BCUT2D eigenvalue weighted by molar-refractivity contribution is -0.0498. The van der Waals surface area contributed by atoms with Gasteiger partial charge in [-0.05, 0) is 29.9 Å². The van der Waals surface area contributed by atoms with Crippen molar-refractivity contribution in [2.24, 2.45) is 10.8 Å². The monoisotopic (exact) mass is 245 g/mol. The molecule has 1 aromatic rings. The van der Waals surface area contributed by atoms with E-state index in [1.807, 2.05) is 0 Å². The van der Waals surface area contributed by atoms with E-state index in [0.29, 0.717) is 5.56 Å². The number of ether oxygens (including phenoxy) is 1. The summed E-state index contributed by atoms with van der Waals surface area (Å²) in [5.74, 6) is 0.0641. The molecule has 0 aliphatic carbocycles. The molecule has 0 aliphatic heterocycles. The first kappa shape index (κ1) is 12.3. The molecule has 0 saturated heterocycles. The van der Waals surface area contributed by atoms with Crippen LogP contribution in [0.4, 0.5) is 8.78 Å². The van der Waals surface area contributed by atoms with Crippen LogP contribution in [0.2, 0.25) is 0 Å². The molecule has 0 fully saturated rings. The molecule has 0 aromatic heterocycles. The van der Waals surface area contributed by atoms with Crippen LogP contribution in [0.5, 0.6) is 5.75 Å². The van der Waals surface area contributed by atoms with Gasteiger partial charge in [0.25, 0.3) is 0 Å². The first-order chi connectivity index (χ1) is 7.58. The first-order valence-corrected chi connectivity index (χ1v) is 4.62. The van der Waals surface area contributed by atoms with E-state index in [-0.39, 0.29) is 10.9 Å². The molecule has 0 heterocycles. The highest BCUT2D eigenvalue weighted by atomic mass is 32.1.